The van der Waals surface area contributed by atoms with Gasteiger partial charge in [-0.05, 0) is 41.3 Å². The monoisotopic (exact) mass is 610 g/mol. The molecule has 11 heteroatoms. The van der Waals surface area contributed by atoms with Gasteiger partial charge in [-0.25, -0.2) is 9.97 Å². The Kier molecular flexibility index (Phi) is 6.73. The third-order valence-corrected chi connectivity index (χ3v) is 8.93. The molecular weight excluding hydrogens is 584 g/mol. The van der Waals surface area contributed by atoms with Crippen LogP contribution in [0.5, 0.6) is 0 Å². The number of pyridine rings is 2. The van der Waals surface area contributed by atoms with E-state index in [1.807, 2.05) is 54.7 Å². The summed E-state index contributed by atoms with van der Waals surface area (Å²) in [7, 11) is 0. The summed E-state index contributed by atoms with van der Waals surface area (Å²) in [6, 6.07) is 25.1. The molecule has 0 saturated carbocycles. The lowest BCUT2D eigenvalue weighted by Crippen LogP contribution is -2.29. The van der Waals surface area contributed by atoms with Crippen molar-refractivity contribution in [2.45, 2.75) is 19.5 Å². The second-order valence-electron chi connectivity index (χ2n) is 11.0. The van der Waals surface area contributed by atoms with E-state index in [1.165, 1.54) is 16.9 Å². The molecule has 10 nitrogen and oxygen atoms in total. The Morgan fingerprint density at radius 1 is 0.844 bits per heavy atom. The third-order valence-electron chi connectivity index (χ3n) is 7.94. The van der Waals surface area contributed by atoms with Gasteiger partial charge in [0.15, 0.2) is 5.13 Å². The van der Waals surface area contributed by atoms with E-state index in [-0.39, 0.29) is 17.5 Å². The van der Waals surface area contributed by atoms with Crippen molar-refractivity contribution in [1.29, 1.82) is 0 Å². The Labute approximate surface area is 261 Å². The van der Waals surface area contributed by atoms with Gasteiger partial charge in [-0.1, -0.05) is 48.5 Å². The van der Waals surface area contributed by atoms with Crippen molar-refractivity contribution >= 4 is 66.9 Å². The zero-order chi connectivity index (χ0) is 30.3. The summed E-state index contributed by atoms with van der Waals surface area (Å²) >= 11 is 1.50. The molecule has 3 N–H and O–H groups in total. The molecular formula is C34H26N8O2S. The minimum absolute atomic E-state index is 0.233. The highest BCUT2D eigenvalue weighted by Crippen LogP contribution is 2.30. The number of anilines is 2. The summed E-state index contributed by atoms with van der Waals surface area (Å²) in [6.07, 6.45) is 4.43. The summed E-state index contributed by atoms with van der Waals surface area (Å²) in [6.45, 7) is 2.44. The van der Waals surface area contributed by atoms with E-state index in [1.54, 1.807) is 24.4 Å². The lowest BCUT2D eigenvalue weighted by molar-refractivity contribution is 0.101. The molecule has 1 aliphatic heterocycles. The van der Waals surface area contributed by atoms with Crippen LogP contribution in [0.4, 0.5) is 11.1 Å². The molecule has 0 bridgehead atoms. The quantitative estimate of drug-likeness (QED) is 0.205. The fourth-order valence-electron chi connectivity index (χ4n) is 5.72. The Hall–Kier alpha value is -5.52. The molecule has 5 heterocycles. The normalized spacial score (nSPS) is 13.2. The molecule has 0 unspecified atom stereocenters. The Bertz CT molecular complexity index is 2260. The first-order valence-corrected chi connectivity index (χ1v) is 15.4. The van der Waals surface area contributed by atoms with Gasteiger partial charge in [0.2, 0.25) is 5.95 Å². The van der Waals surface area contributed by atoms with Gasteiger partial charge in [0.25, 0.3) is 11.8 Å². The summed E-state index contributed by atoms with van der Waals surface area (Å²) in [4.78, 5) is 51.1. The zero-order valence-electron chi connectivity index (χ0n) is 23.9. The average Bonchev–Trinajstić information content (AvgIpc) is 3.67. The Balaban J connectivity index is 0.958. The van der Waals surface area contributed by atoms with Crippen molar-refractivity contribution in [1.82, 2.24) is 29.8 Å². The van der Waals surface area contributed by atoms with Gasteiger partial charge >= 0.3 is 0 Å². The topological polar surface area (TPSA) is 129 Å². The lowest BCUT2D eigenvalue weighted by atomic mass is 10.1. The molecule has 0 radical (unpaired) electrons. The van der Waals surface area contributed by atoms with Crippen LogP contribution >= 0.6 is 11.3 Å². The number of nitrogens with one attached hydrogen (secondary N) is 3. The highest BCUT2D eigenvalue weighted by atomic mass is 32.1. The number of para-hydroxylation sites is 2. The van der Waals surface area contributed by atoms with Gasteiger partial charge in [0, 0.05) is 54.1 Å². The van der Waals surface area contributed by atoms with Crippen LogP contribution in [0.15, 0.2) is 91.3 Å². The van der Waals surface area contributed by atoms with E-state index in [4.69, 9.17) is 4.98 Å². The van der Waals surface area contributed by atoms with Gasteiger partial charge in [0.05, 0.1) is 22.3 Å². The number of aromatic nitrogens is 5. The predicted octanol–water partition coefficient (Wildman–Crippen LogP) is 6.18. The van der Waals surface area contributed by atoms with E-state index in [0.29, 0.717) is 21.7 Å². The van der Waals surface area contributed by atoms with Gasteiger partial charge in [-0.2, -0.15) is 0 Å². The number of imidazole rings is 1. The maximum Gasteiger partial charge on any atom is 0.276 e. The number of rotatable bonds is 6. The molecule has 0 spiro atoms. The summed E-state index contributed by atoms with van der Waals surface area (Å²) in [5.74, 6) is -0.479. The molecule has 45 heavy (non-hydrogen) atoms. The van der Waals surface area contributed by atoms with Crippen LogP contribution in [0.25, 0.3) is 32.7 Å². The number of amides is 2. The molecule has 4 aromatic heterocycles. The maximum absolute atomic E-state index is 13.4. The molecule has 0 atom stereocenters. The first-order valence-electron chi connectivity index (χ1n) is 14.6. The highest BCUT2D eigenvalue weighted by Gasteiger charge is 2.23. The third kappa shape index (κ3) is 5.39. The summed E-state index contributed by atoms with van der Waals surface area (Å²) in [5.41, 5.74) is 4.92. The van der Waals surface area contributed by atoms with E-state index in [9.17, 15) is 9.59 Å². The van der Waals surface area contributed by atoms with Crippen molar-refractivity contribution < 1.29 is 9.59 Å². The molecule has 0 aliphatic carbocycles. The van der Waals surface area contributed by atoms with Crippen LogP contribution in [-0.2, 0) is 19.5 Å². The average molecular weight is 611 g/mol. The SMILES string of the molecule is O=C(Nc1nc2c(C(=O)Nc3nc4c(s3)CN(Cc3cnc5ccccc5c3)CC4)cccc2[nH]1)c1cc2ccccc2cn1. The van der Waals surface area contributed by atoms with Crippen LogP contribution < -0.4 is 10.6 Å². The number of hydrogen-bond donors (Lipinski definition) is 3. The number of carbonyl (C=O) groups excluding carboxylic acids is 2. The highest BCUT2D eigenvalue weighted by molar-refractivity contribution is 7.15. The number of aromatic amines is 1. The minimum atomic E-state index is -0.398. The second kappa shape index (κ2) is 11.2. The van der Waals surface area contributed by atoms with Crippen LogP contribution in [0.1, 0.15) is 37.0 Å². The van der Waals surface area contributed by atoms with Crippen LogP contribution in [0.2, 0.25) is 0 Å². The molecule has 0 fully saturated rings. The number of H-pyrrole nitrogens is 1. The fourth-order valence-corrected chi connectivity index (χ4v) is 6.76. The van der Waals surface area contributed by atoms with E-state index < -0.39 is 5.91 Å². The first-order chi connectivity index (χ1) is 22.1. The number of hydrogen-bond acceptors (Lipinski definition) is 8. The molecule has 3 aromatic carbocycles. The van der Waals surface area contributed by atoms with Crippen molar-refractivity contribution in [2.75, 3.05) is 17.2 Å². The van der Waals surface area contributed by atoms with Crippen molar-refractivity contribution in [3.8, 4) is 0 Å². The lowest BCUT2D eigenvalue weighted by Gasteiger charge is -2.25. The smallest absolute Gasteiger partial charge is 0.276 e. The maximum atomic E-state index is 13.4. The van der Waals surface area contributed by atoms with Crippen LogP contribution in [0, 0.1) is 0 Å². The minimum Gasteiger partial charge on any atom is -0.324 e. The summed E-state index contributed by atoms with van der Waals surface area (Å²) in [5, 5.41) is 9.31. The van der Waals surface area contributed by atoms with E-state index in [2.05, 4.69) is 47.6 Å². The zero-order valence-corrected chi connectivity index (χ0v) is 24.8. The van der Waals surface area contributed by atoms with Crippen LogP contribution in [0.3, 0.4) is 0 Å². The van der Waals surface area contributed by atoms with Crippen molar-refractivity contribution in [3.05, 3.63) is 119 Å². The van der Waals surface area contributed by atoms with Gasteiger partial charge < -0.3 is 4.98 Å². The van der Waals surface area contributed by atoms with Crippen LogP contribution in [-0.4, -0.2) is 48.2 Å². The molecule has 0 saturated heterocycles. The second-order valence-corrected chi connectivity index (χ2v) is 12.1. The molecule has 8 rings (SSSR count). The van der Waals surface area contributed by atoms with Crippen molar-refractivity contribution in [3.63, 3.8) is 0 Å². The largest absolute Gasteiger partial charge is 0.324 e. The molecule has 7 aromatic rings. The Morgan fingerprint density at radius 2 is 1.69 bits per heavy atom. The van der Waals surface area contributed by atoms with E-state index >= 15 is 0 Å². The molecule has 1 aliphatic rings. The van der Waals surface area contributed by atoms with Gasteiger partial charge in [-0.15, -0.1) is 11.3 Å². The number of benzene rings is 3. The van der Waals surface area contributed by atoms with Gasteiger partial charge in [0.1, 0.15) is 11.2 Å². The van der Waals surface area contributed by atoms with E-state index in [0.717, 1.165) is 58.3 Å². The number of thiazole rings is 1. The molecule has 2 amide bonds. The first kappa shape index (κ1) is 27.1. The standard InChI is InChI=1S/C34H26N8O2S/c43-31(41-34-38-26-12-13-42(19-29(26)45-34)18-20-14-22-7-3-4-10-25(22)35-16-20)24-9-5-11-27-30(24)39-33(37-27)40-32(44)28-15-21-6-1-2-8-23(21)17-36-28/h1-11,14-17H,12-13,18-19H2,(H,38,41,43)(H2,37,39,40,44). The number of carbonyl (C=O) groups is 2. The van der Waals surface area contributed by atoms with Crippen molar-refractivity contribution in [2.24, 2.45) is 0 Å². The molecule has 220 valence electrons. The number of fused-ring (bicyclic) bond motifs is 4. The number of nitrogens with zero attached hydrogens (tertiary/aromatic N) is 5. The van der Waals surface area contributed by atoms with Gasteiger partial charge in [-0.3, -0.25) is 35.1 Å². The predicted molar refractivity (Wildman–Crippen MR) is 175 cm³/mol. The summed E-state index contributed by atoms with van der Waals surface area (Å²) < 4.78 is 0. The fraction of sp³-hybridized carbons (Fsp3) is 0.118. The Morgan fingerprint density at radius 3 is 2.60 bits per heavy atom.